The predicted octanol–water partition coefficient (Wildman–Crippen LogP) is 1.41. The van der Waals surface area contributed by atoms with Crippen LogP contribution in [0.15, 0.2) is 12.1 Å². The third-order valence-corrected chi connectivity index (χ3v) is 1.71. The summed E-state index contributed by atoms with van der Waals surface area (Å²) in [5.74, 6) is 4.36. The summed E-state index contributed by atoms with van der Waals surface area (Å²) in [6, 6.07) is 2.28. The highest BCUT2D eigenvalue weighted by molar-refractivity contribution is 6.33. The molecule has 0 aromatic heterocycles. The van der Waals surface area contributed by atoms with Crippen LogP contribution in [0.5, 0.6) is 0 Å². The third kappa shape index (κ3) is 2.35. The maximum atomic E-state index is 12.8. The number of halogens is 2. The second-order valence-corrected chi connectivity index (χ2v) is 2.72. The quantitative estimate of drug-likeness (QED) is 0.490. The molecule has 0 unspecified atom stereocenters. The molecule has 0 saturated carbocycles. The highest BCUT2D eigenvalue weighted by Crippen LogP contribution is 2.23. The number of rotatable bonds is 0. The lowest BCUT2D eigenvalue weighted by molar-refractivity contribution is 0.350. The fourth-order valence-corrected chi connectivity index (χ4v) is 1.03. The lowest BCUT2D eigenvalue weighted by atomic mass is 10.2. The second kappa shape index (κ2) is 4.13. The van der Waals surface area contributed by atoms with E-state index in [4.69, 9.17) is 22.4 Å². The highest BCUT2D eigenvalue weighted by Gasteiger charge is 2.03. The minimum atomic E-state index is -0.499. The van der Waals surface area contributed by atoms with E-state index in [1.54, 1.807) is 0 Å². The van der Waals surface area contributed by atoms with Crippen LogP contribution in [0.25, 0.3) is 0 Å². The molecule has 0 saturated heterocycles. The minimum Gasteiger partial charge on any atom is -0.397 e. The molecule has 2 nitrogen and oxygen atoms in total. The molecule has 0 aliphatic heterocycles. The summed E-state index contributed by atoms with van der Waals surface area (Å²) >= 11 is 5.60. The van der Waals surface area contributed by atoms with Crippen molar-refractivity contribution in [1.29, 1.82) is 0 Å². The normalized spacial score (nSPS) is 9.15. The Labute approximate surface area is 80.1 Å². The molecular weight excluding hydrogens is 193 g/mol. The van der Waals surface area contributed by atoms with Crippen LogP contribution in [0.1, 0.15) is 5.56 Å². The Morgan fingerprint density at radius 3 is 2.85 bits per heavy atom. The van der Waals surface area contributed by atoms with Gasteiger partial charge in [-0.3, -0.25) is 0 Å². The van der Waals surface area contributed by atoms with Gasteiger partial charge in [-0.25, -0.2) is 4.39 Å². The van der Waals surface area contributed by atoms with Crippen LogP contribution in [0.3, 0.4) is 0 Å². The third-order valence-electron chi connectivity index (χ3n) is 1.40. The minimum absolute atomic E-state index is 0.127. The number of hydrogen-bond acceptors (Lipinski definition) is 2. The molecule has 0 spiro atoms. The summed E-state index contributed by atoms with van der Waals surface area (Å²) in [5, 5.41) is 8.54. The standard InChI is InChI=1S/C9H7ClFNO/c10-8-5-7(11)4-6(9(8)12)2-1-3-13/h4-5,13H,3,12H2. The Kier molecular flexibility index (Phi) is 3.13. The van der Waals surface area contributed by atoms with E-state index in [0.717, 1.165) is 6.07 Å². The van der Waals surface area contributed by atoms with Gasteiger partial charge in [-0.2, -0.15) is 0 Å². The summed E-state index contributed by atoms with van der Waals surface area (Å²) < 4.78 is 12.8. The van der Waals surface area contributed by atoms with E-state index in [9.17, 15) is 4.39 Å². The van der Waals surface area contributed by atoms with Crippen LogP contribution in [0.2, 0.25) is 5.02 Å². The van der Waals surface area contributed by atoms with E-state index in [1.807, 2.05) is 0 Å². The van der Waals surface area contributed by atoms with Crippen molar-refractivity contribution >= 4 is 17.3 Å². The SMILES string of the molecule is Nc1c(Cl)cc(F)cc1C#CCO. The van der Waals surface area contributed by atoms with Crippen molar-refractivity contribution in [3.05, 3.63) is 28.5 Å². The van der Waals surface area contributed by atoms with Gasteiger partial charge in [0.1, 0.15) is 12.4 Å². The molecule has 68 valence electrons. The summed E-state index contributed by atoms with van der Waals surface area (Å²) in [5.41, 5.74) is 6.03. The van der Waals surface area contributed by atoms with Crippen molar-refractivity contribution in [1.82, 2.24) is 0 Å². The van der Waals surface area contributed by atoms with E-state index >= 15 is 0 Å². The Bertz CT molecular complexity index is 381. The molecule has 1 aromatic rings. The first kappa shape index (κ1) is 9.85. The lowest BCUT2D eigenvalue weighted by Gasteiger charge is -2.00. The van der Waals surface area contributed by atoms with Crippen LogP contribution >= 0.6 is 11.6 Å². The number of hydrogen-bond donors (Lipinski definition) is 2. The van der Waals surface area contributed by atoms with Crippen LogP contribution in [0.4, 0.5) is 10.1 Å². The van der Waals surface area contributed by atoms with Crippen molar-refractivity contribution in [2.24, 2.45) is 0 Å². The molecular formula is C9H7ClFNO. The van der Waals surface area contributed by atoms with Crippen molar-refractivity contribution < 1.29 is 9.50 Å². The van der Waals surface area contributed by atoms with Crippen LogP contribution in [-0.4, -0.2) is 11.7 Å². The van der Waals surface area contributed by atoms with Gasteiger partial charge in [0.25, 0.3) is 0 Å². The Morgan fingerprint density at radius 2 is 2.23 bits per heavy atom. The highest BCUT2D eigenvalue weighted by atomic mass is 35.5. The topological polar surface area (TPSA) is 46.2 Å². The molecule has 4 heteroatoms. The fraction of sp³-hybridized carbons (Fsp3) is 0.111. The summed E-state index contributed by atoms with van der Waals surface area (Å²) in [7, 11) is 0. The van der Waals surface area contributed by atoms with Gasteiger partial charge >= 0.3 is 0 Å². The van der Waals surface area contributed by atoms with E-state index in [0.29, 0.717) is 5.56 Å². The first-order valence-corrected chi connectivity index (χ1v) is 3.87. The van der Waals surface area contributed by atoms with Crippen LogP contribution in [-0.2, 0) is 0 Å². The largest absolute Gasteiger partial charge is 0.397 e. The molecule has 13 heavy (non-hydrogen) atoms. The predicted molar refractivity (Wildman–Crippen MR) is 49.8 cm³/mol. The van der Waals surface area contributed by atoms with Gasteiger partial charge in [-0.1, -0.05) is 23.4 Å². The average Bonchev–Trinajstić information content (AvgIpc) is 2.09. The number of anilines is 1. The van der Waals surface area contributed by atoms with E-state index in [1.165, 1.54) is 6.07 Å². The summed E-state index contributed by atoms with van der Waals surface area (Å²) in [6.45, 7) is -0.298. The van der Waals surface area contributed by atoms with Gasteiger partial charge in [-0.05, 0) is 12.1 Å². The molecule has 0 heterocycles. The lowest BCUT2D eigenvalue weighted by Crippen LogP contribution is -1.93. The molecule has 3 N–H and O–H groups in total. The maximum absolute atomic E-state index is 12.8. The van der Waals surface area contributed by atoms with Gasteiger partial charge in [0, 0.05) is 0 Å². The molecule has 0 radical (unpaired) electrons. The van der Waals surface area contributed by atoms with Gasteiger partial charge in [-0.15, -0.1) is 0 Å². The molecule has 0 aliphatic carbocycles. The first-order valence-electron chi connectivity index (χ1n) is 3.49. The molecule has 0 fully saturated rings. The van der Waals surface area contributed by atoms with E-state index < -0.39 is 5.82 Å². The molecule has 0 amide bonds. The van der Waals surface area contributed by atoms with E-state index in [2.05, 4.69) is 11.8 Å². The molecule has 1 aromatic carbocycles. The van der Waals surface area contributed by atoms with Gasteiger partial charge in [0.05, 0.1) is 16.3 Å². The smallest absolute Gasteiger partial charge is 0.126 e. The van der Waals surface area contributed by atoms with Gasteiger partial charge in [0.15, 0.2) is 0 Å². The number of aliphatic hydroxyl groups is 1. The van der Waals surface area contributed by atoms with Crippen molar-refractivity contribution in [2.45, 2.75) is 0 Å². The van der Waals surface area contributed by atoms with E-state index in [-0.39, 0.29) is 17.3 Å². The number of benzene rings is 1. The van der Waals surface area contributed by atoms with Crippen molar-refractivity contribution in [3.8, 4) is 11.8 Å². The fourth-order valence-electron chi connectivity index (χ4n) is 0.823. The molecule has 0 atom stereocenters. The number of aliphatic hydroxyl groups excluding tert-OH is 1. The Hall–Kier alpha value is -1.24. The van der Waals surface area contributed by atoms with Crippen molar-refractivity contribution in [3.63, 3.8) is 0 Å². The summed E-state index contributed by atoms with van der Waals surface area (Å²) in [4.78, 5) is 0. The zero-order chi connectivity index (χ0) is 9.84. The average molecular weight is 200 g/mol. The zero-order valence-electron chi connectivity index (χ0n) is 6.64. The van der Waals surface area contributed by atoms with Crippen molar-refractivity contribution in [2.75, 3.05) is 12.3 Å². The zero-order valence-corrected chi connectivity index (χ0v) is 7.40. The number of nitrogen functional groups attached to an aromatic ring is 1. The number of nitrogens with two attached hydrogens (primary N) is 1. The maximum Gasteiger partial charge on any atom is 0.126 e. The summed E-state index contributed by atoms with van der Waals surface area (Å²) in [6.07, 6.45) is 0. The molecule has 1 rings (SSSR count). The van der Waals surface area contributed by atoms with Crippen LogP contribution < -0.4 is 5.73 Å². The molecule has 0 aliphatic rings. The molecule has 0 bridgehead atoms. The second-order valence-electron chi connectivity index (χ2n) is 2.31. The monoisotopic (exact) mass is 199 g/mol. The van der Waals surface area contributed by atoms with Gasteiger partial charge in [0.2, 0.25) is 0 Å². The Morgan fingerprint density at radius 1 is 1.54 bits per heavy atom. The first-order chi connectivity index (χ1) is 6.15. The van der Waals surface area contributed by atoms with Gasteiger partial charge < -0.3 is 10.8 Å². The van der Waals surface area contributed by atoms with Crippen LogP contribution in [0, 0.1) is 17.7 Å². The Balaban J connectivity index is 3.20.